The van der Waals surface area contributed by atoms with E-state index in [0.717, 1.165) is 18.4 Å². The van der Waals surface area contributed by atoms with E-state index in [-0.39, 0.29) is 36.6 Å². The molecule has 0 amide bonds. The molecule has 1 aliphatic carbocycles. The highest BCUT2D eigenvalue weighted by atomic mass is 32.1. The van der Waals surface area contributed by atoms with Gasteiger partial charge in [0, 0.05) is 31.2 Å². The monoisotopic (exact) mass is 595 g/mol. The highest BCUT2D eigenvalue weighted by Gasteiger charge is 2.36. The van der Waals surface area contributed by atoms with Crippen molar-refractivity contribution in [1.29, 1.82) is 0 Å². The van der Waals surface area contributed by atoms with E-state index in [1.165, 1.54) is 22.2 Å². The van der Waals surface area contributed by atoms with Gasteiger partial charge in [-0.25, -0.2) is 9.78 Å². The molecule has 6 rings (SSSR count). The molecule has 1 N–H and O–H groups in total. The molecule has 222 valence electrons. The molecule has 2 fully saturated rings. The van der Waals surface area contributed by atoms with Gasteiger partial charge in [-0.2, -0.15) is 0 Å². The van der Waals surface area contributed by atoms with E-state index in [2.05, 4.69) is 4.98 Å². The third kappa shape index (κ3) is 5.30. The van der Waals surface area contributed by atoms with Crippen molar-refractivity contribution in [1.82, 2.24) is 14.1 Å². The number of ether oxygens (including phenoxy) is 3. The molecule has 1 aromatic carbocycles. The second kappa shape index (κ2) is 11.9. The number of aliphatic carboxylic acids is 1. The normalized spacial score (nSPS) is 20.0. The lowest BCUT2D eigenvalue weighted by Crippen LogP contribution is -2.46. The molecule has 0 radical (unpaired) electrons. The standard InChI is InChI=1S/C30H33N3O8S/c1-17-25-28(36)33(19-13-18(14-19)15-24(34)35)30(37)32(29(25)42-26(17)27-31-9-12-40-27)16-23(41-20-7-10-39-11-8-20)21-5-3-4-6-22(21)38-2/h3-6,9,12,18-20,23H,7-8,10-11,13-16H2,1-2H3,(H,34,35)/t18?,19?,23-/m0/s1. The van der Waals surface area contributed by atoms with Gasteiger partial charge in [0.2, 0.25) is 5.89 Å². The Hall–Kier alpha value is -3.74. The van der Waals surface area contributed by atoms with Crippen LogP contribution in [0.2, 0.25) is 0 Å². The Morgan fingerprint density at radius 2 is 1.98 bits per heavy atom. The van der Waals surface area contributed by atoms with Crippen molar-refractivity contribution in [3.8, 4) is 16.5 Å². The fourth-order valence-electron chi connectivity index (χ4n) is 6.07. The van der Waals surface area contributed by atoms with Crippen LogP contribution in [0.1, 0.15) is 55.4 Å². The van der Waals surface area contributed by atoms with E-state index in [1.54, 1.807) is 17.9 Å². The van der Waals surface area contributed by atoms with Crippen molar-refractivity contribution in [2.75, 3.05) is 20.3 Å². The predicted octanol–water partition coefficient (Wildman–Crippen LogP) is 4.56. The van der Waals surface area contributed by atoms with Gasteiger partial charge in [-0.15, -0.1) is 11.3 Å². The van der Waals surface area contributed by atoms with Crippen LogP contribution >= 0.6 is 11.3 Å². The van der Waals surface area contributed by atoms with Gasteiger partial charge in [-0.05, 0) is 50.2 Å². The summed E-state index contributed by atoms with van der Waals surface area (Å²) in [6.45, 7) is 3.18. The number of hydrogen-bond acceptors (Lipinski definition) is 9. The fraction of sp³-hybridized carbons (Fsp3) is 0.467. The molecular weight excluding hydrogens is 562 g/mol. The van der Waals surface area contributed by atoms with Gasteiger partial charge in [0.25, 0.3) is 5.56 Å². The van der Waals surface area contributed by atoms with Crippen molar-refractivity contribution >= 4 is 27.5 Å². The zero-order valence-corrected chi connectivity index (χ0v) is 24.3. The Labute approximate surface area is 245 Å². The number of methoxy groups -OCH3 is 1. The summed E-state index contributed by atoms with van der Waals surface area (Å²) in [6, 6.07) is 7.21. The molecular formula is C30H33N3O8S. The Balaban J connectivity index is 1.49. The number of aryl methyl sites for hydroxylation is 1. The van der Waals surface area contributed by atoms with Crippen LogP contribution in [-0.4, -0.2) is 51.6 Å². The average molecular weight is 596 g/mol. The van der Waals surface area contributed by atoms with Gasteiger partial charge in [0.15, 0.2) is 0 Å². The number of oxazole rings is 1. The zero-order chi connectivity index (χ0) is 29.4. The van der Waals surface area contributed by atoms with Crippen molar-refractivity contribution in [2.24, 2.45) is 5.92 Å². The highest BCUT2D eigenvalue weighted by Crippen LogP contribution is 2.41. The van der Waals surface area contributed by atoms with Crippen LogP contribution in [0.15, 0.2) is 50.7 Å². The molecule has 42 heavy (non-hydrogen) atoms. The first kappa shape index (κ1) is 28.4. The lowest BCUT2D eigenvalue weighted by atomic mass is 9.78. The smallest absolute Gasteiger partial charge is 0.332 e. The number of aromatic nitrogens is 3. The van der Waals surface area contributed by atoms with Crippen molar-refractivity contribution < 1.29 is 28.5 Å². The van der Waals surface area contributed by atoms with E-state index in [1.807, 2.05) is 31.2 Å². The van der Waals surface area contributed by atoms with Crippen LogP contribution in [0.5, 0.6) is 5.75 Å². The van der Waals surface area contributed by atoms with Gasteiger partial charge in [0.05, 0.1) is 36.2 Å². The molecule has 4 aromatic rings. The number of carboxylic acids is 1. The summed E-state index contributed by atoms with van der Waals surface area (Å²) in [4.78, 5) is 45.0. The number of carboxylic acid groups (broad SMARTS) is 1. The van der Waals surface area contributed by atoms with Crippen LogP contribution in [-0.2, 0) is 20.8 Å². The van der Waals surface area contributed by atoms with Crippen molar-refractivity contribution in [3.63, 3.8) is 0 Å². The topological polar surface area (TPSA) is 135 Å². The Bertz CT molecular complexity index is 1690. The minimum Gasteiger partial charge on any atom is -0.496 e. The third-order valence-electron chi connectivity index (χ3n) is 8.27. The predicted molar refractivity (Wildman–Crippen MR) is 155 cm³/mol. The van der Waals surface area contributed by atoms with Crippen molar-refractivity contribution in [3.05, 3.63) is 68.7 Å². The van der Waals surface area contributed by atoms with Gasteiger partial charge < -0.3 is 23.7 Å². The second-order valence-electron chi connectivity index (χ2n) is 10.9. The number of para-hydroxylation sites is 1. The number of benzene rings is 1. The number of hydrogen-bond donors (Lipinski definition) is 1. The van der Waals surface area contributed by atoms with Crippen LogP contribution in [0, 0.1) is 12.8 Å². The molecule has 11 nitrogen and oxygen atoms in total. The molecule has 1 saturated carbocycles. The Morgan fingerprint density at radius 3 is 2.67 bits per heavy atom. The molecule has 0 bridgehead atoms. The molecule has 0 spiro atoms. The summed E-state index contributed by atoms with van der Waals surface area (Å²) < 4.78 is 26.4. The largest absolute Gasteiger partial charge is 0.496 e. The quantitative estimate of drug-likeness (QED) is 0.280. The van der Waals surface area contributed by atoms with Crippen molar-refractivity contribution in [2.45, 2.75) is 63.8 Å². The molecule has 0 unspecified atom stereocenters. The van der Waals surface area contributed by atoms with Gasteiger partial charge in [0.1, 0.15) is 22.9 Å². The Kier molecular flexibility index (Phi) is 8.02. The maximum absolute atomic E-state index is 14.3. The van der Waals surface area contributed by atoms with E-state index < -0.39 is 17.8 Å². The molecule has 1 aliphatic heterocycles. The van der Waals surface area contributed by atoms with Crippen LogP contribution in [0.4, 0.5) is 0 Å². The first-order valence-corrected chi connectivity index (χ1v) is 14.9. The number of nitrogens with zero attached hydrogens (tertiary/aromatic N) is 3. The lowest BCUT2D eigenvalue weighted by Gasteiger charge is -2.35. The second-order valence-corrected chi connectivity index (χ2v) is 11.9. The maximum atomic E-state index is 14.3. The number of carbonyl (C=O) groups is 1. The van der Waals surface area contributed by atoms with E-state index >= 15 is 0 Å². The summed E-state index contributed by atoms with van der Waals surface area (Å²) in [5.41, 5.74) is 0.666. The number of rotatable bonds is 10. The van der Waals surface area contributed by atoms with E-state index in [9.17, 15) is 19.5 Å². The maximum Gasteiger partial charge on any atom is 0.332 e. The number of thiophene rings is 1. The van der Waals surface area contributed by atoms with Gasteiger partial charge in [-0.1, -0.05) is 18.2 Å². The minimum absolute atomic E-state index is 0.0162. The summed E-state index contributed by atoms with van der Waals surface area (Å²) in [7, 11) is 1.60. The summed E-state index contributed by atoms with van der Waals surface area (Å²) >= 11 is 1.29. The molecule has 12 heteroatoms. The molecule has 4 heterocycles. The molecule has 1 saturated heterocycles. The highest BCUT2D eigenvalue weighted by molar-refractivity contribution is 7.22. The first-order chi connectivity index (χ1) is 20.4. The Morgan fingerprint density at radius 1 is 1.21 bits per heavy atom. The molecule has 2 aliphatic rings. The summed E-state index contributed by atoms with van der Waals surface area (Å²) in [6.07, 6.45) is 4.79. The molecule has 3 aromatic heterocycles. The first-order valence-electron chi connectivity index (χ1n) is 14.1. The third-order valence-corrected chi connectivity index (χ3v) is 9.57. The van der Waals surface area contributed by atoms with Crippen LogP contribution < -0.4 is 16.0 Å². The van der Waals surface area contributed by atoms with Gasteiger partial charge in [-0.3, -0.25) is 18.7 Å². The van der Waals surface area contributed by atoms with E-state index in [0.29, 0.717) is 58.4 Å². The zero-order valence-electron chi connectivity index (χ0n) is 23.5. The lowest BCUT2D eigenvalue weighted by molar-refractivity contribution is -0.139. The van der Waals surface area contributed by atoms with Crippen LogP contribution in [0.3, 0.4) is 0 Å². The van der Waals surface area contributed by atoms with Crippen LogP contribution in [0.25, 0.3) is 21.0 Å². The number of fused-ring (bicyclic) bond motifs is 1. The van der Waals surface area contributed by atoms with E-state index in [4.69, 9.17) is 18.6 Å². The van der Waals surface area contributed by atoms with Gasteiger partial charge >= 0.3 is 11.7 Å². The molecule has 1 atom stereocenters. The fourth-order valence-corrected chi connectivity index (χ4v) is 7.31. The SMILES string of the molecule is COc1ccccc1[C@H](Cn1c(=O)n(C2CC(CC(=O)O)C2)c(=O)c2c(C)c(-c3ncco3)sc21)OC1CCOCC1. The summed E-state index contributed by atoms with van der Waals surface area (Å²) in [5, 5.41) is 9.66. The summed E-state index contributed by atoms with van der Waals surface area (Å²) in [5.74, 6) is 0.0643. The average Bonchev–Trinajstić information content (AvgIpc) is 3.62. The minimum atomic E-state index is -0.882.